The summed E-state index contributed by atoms with van der Waals surface area (Å²) in [6.07, 6.45) is 2.13. The minimum absolute atomic E-state index is 0.0948. The Kier molecular flexibility index (Phi) is 4.19. The number of nitrogens with one attached hydrogen (secondary N) is 1. The molecule has 1 unspecified atom stereocenters. The topological polar surface area (TPSA) is 68.8 Å². The summed E-state index contributed by atoms with van der Waals surface area (Å²) >= 11 is 11.9. The maximum atomic E-state index is 5.99. The standard InChI is InChI=1S/C11H13Cl2N5/c1-18-11(15-6-16-18)5-10(17-14)7-2-3-8(12)9(13)4-7/h2-4,6,10,17H,5,14H2,1H3. The van der Waals surface area contributed by atoms with Crippen molar-refractivity contribution in [3.63, 3.8) is 0 Å². The lowest BCUT2D eigenvalue weighted by atomic mass is 10.0. The quantitative estimate of drug-likeness (QED) is 0.665. The molecule has 1 aromatic carbocycles. The van der Waals surface area contributed by atoms with Gasteiger partial charge in [-0.15, -0.1) is 0 Å². The van der Waals surface area contributed by atoms with Gasteiger partial charge in [-0.3, -0.25) is 16.0 Å². The molecule has 0 aliphatic heterocycles. The highest BCUT2D eigenvalue weighted by molar-refractivity contribution is 6.42. The normalized spacial score (nSPS) is 12.7. The van der Waals surface area contributed by atoms with Crippen LogP contribution in [0.4, 0.5) is 0 Å². The van der Waals surface area contributed by atoms with Crippen molar-refractivity contribution in [1.82, 2.24) is 20.2 Å². The fourth-order valence-electron chi connectivity index (χ4n) is 1.69. The highest BCUT2D eigenvalue weighted by Crippen LogP contribution is 2.26. The molecule has 96 valence electrons. The second-order valence-electron chi connectivity index (χ2n) is 3.90. The molecule has 1 heterocycles. The van der Waals surface area contributed by atoms with Gasteiger partial charge in [-0.05, 0) is 17.7 Å². The van der Waals surface area contributed by atoms with Crippen LogP contribution >= 0.6 is 23.2 Å². The molecule has 2 rings (SSSR count). The summed E-state index contributed by atoms with van der Waals surface area (Å²) in [7, 11) is 1.84. The Morgan fingerprint density at radius 3 is 2.72 bits per heavy atom. The first-order chi connectivity index (χ1) is 8.61. The van der Waals surface area contributed by atoms with Gasteiger partial charge in [-0.2, -0.15) is 5.10 Å². The van der Waals surface area contributed by atoms with E-state index in [9.17, 15) is 0 Å². The number of hydrogen-bond acceptors (Lipinski definition) is 4. The SMILES string of the molecule is Cn1ncnc1CC(NN)c1ccc(Cl)c(Cl)c1. The number of nitrogens with zero attached hydrogens (tertiary/aromatic N) is 3. The van der Waals surface area contributed by atoms with Gasteiger partial charge in [0.15, 0.2) is 0 Å². The zero-order valence-corrected chi connectivity index (χ0v) is 11.3. The van der Waals surface area contributed by atoms with Crippen molar-refractivity contribution in [2.75, 3.05) is 0 Å². The summed E-state index contributed by atoms with van der Waals surface area (Å²) in [5, 5.41) is 5.05. The third-order valence-corrected chi connectivity index (χ3v) is 3.48. The Hall–Kier alpha value is -1.14. The molecule has 0 aliphatic carbocycles. The van der Waals surface area contributed by atoms with Crippen molar-refractivity contribution in [3.05, 3.63) is 46.0 Å². The van der Waals surface area contributed by atoms with E-state index in [4.69, 9.17) is 29.0 Å². The van der Waals surface area contributed by atoms with Crippen LogP contribution in [-0.2, 0) is 13.5 Å². The van der Waals surface area contributed by atoms with Crippen LogP contribution in [0.3, 0.4) is 0 Å². The molecule has 0 spiro atoms. The summed E-state index contributed by atoms with van der Waals surface area (Å²) in [5.41, 5.74) is 3.70. The highest BCUT2D eigenvalue weighted by atomic mass is 35.5. The fourth-order valence-corrected chi connectivity index (χ4v) is 2.00. The zero-order valence-electron chi connectivity index (χ0n) is 9.77. The van der Waals surface area contributed by atoms with Gasteiger partial charge in [-0.1, -0.05) is 29.3 Å². The van der Waals surface area contributed by atoms with Gasteiger partial charge in [0, 0.05) is 13.5 Å². The first-order valence-corrected chi connectivity index (χ1v) is 6.11. The van der Waals surface area contributed by atoms with Crippen LogP contribution in [-0.4, -0.2) is 14.8 Å². The van der Waals surface area contributed by atoms with Gasteiger partial charge in [0.2, 0.25) is 0 Å². The molecular weight excluding hydrogens is 273 g/mol. The Morgan fingerprint density at radius 2 is 2.17 bits per heavy atom. The Bertz CT molecular complexity index is 540. The van der Waals surface area contributed by atoms with Crippen molar-refractivity contribution in [3.8, 4) is 0 Å². The number of hydrogen-bond donors (Lipinski definition) is 2. The van der Waals surface area contributed by atoms with Crippen LogP contribution in [0.25, 0.3) is 0 Å². The first-order valence-electron chi connectivity index (χ1n) is 5.35. The smallest absolute Gasteiger partial charge is 0.138 e. The molecule has 0 saturated carbocycles. The van der Waals surface area contributed by atoms with Crippen LogP contribution in [0, 0.1) is 0 Å². The van der Waals surface area contributed by atoms with Crippen LogP contribution in [0.2, 0.25) is 10.0 Å². The predicted octanol–water partition coefficient (Wildman–Crippen LogP) is 1.87. The van der Waals surface area contributed by atoms with E-state index in [0.717, 1.165) is 11.4 Å². The molecule has 3 N–H and O–H groups in total. The minimum atomic E-state index is -0.0948. The van der Waals surface area contributed by atoms with Crippen LogP contribution in [0.1, 0.15) is 17.4 Å². The molecule has 1 aromatic heterocycles. The lowest BCUT2D eigenvalue weighted by Gasteiger charge is -2.16. The molecule has 5 nitrogen and oxygen atoms in total. The number of aryl methyl sites for hydroxylation is 1. The van der Waals surface area contributed by atoms with E-state index in [2.05, 4.69) is 15.5 Å². The average molecular weight is 286 g/mol. The van der Waals surface area contributed by atoms with Gasteiger partial charge in [0.1, 0.15) is 12.2 Å². The van der Waals surface area contributed by atoms with E-state index >= 15 is 0 Å². The molecule has 7 heteroatoms. The maximum absolute atomic E-state index is 5.99. The number of aromatic nitrogens is 3. The second-order valence-corrected chi connectivity index (χ2v) is 4.71. The van der Waals surface area contributed by atoms with Crippen molar-refractivity contribution in [2.24, 2.45) is 12.9 Å². The summed E-state index contributed by atoms with van der Waals surface area (Å²) in [6.45, 7) is 0. The molecule has 1 atom stereocenters. The van der Waals surface area contributed by atoms with Gasteiger partial charge in [0.25, 0.3) is 0 Å². The number of halogens is 2. The van der Waals surface area contributed by atoms with E-state index in [1.54, 1.807) is 16.8 Å². The third-order valence-electron chi connectivity index (χ3n) is 2.74. The zero-order chi connectivity index (χ0) is 13.1. The van der Waals surface area contributed by atoms with E-state index in [1.165, 1.54) is 6.33 Å². The van der Waals surface area contributed by atoms with Gasteiger partial charge >= 0.3 is 0 Å². The van der Waals surface area contributed by atoms with Crippen LogP contribution in [0.5, 0.6) is 0 Å². The molecule has 18 heavy (non-hydrogen) atoms. The van der Waals surface area contributed by atoms with Crippen molar-refractivity contribution in [1.29, 1.82) is 0 Å². The van der Waals surface area contributed by atoms with Gasteiger partial charge in [-0.25, -0.2) is 4.98 Å². The van der Waals surface area contributed by atoms with E-state index < -0.39 is 0 Å². The van der Waals surface area contributed by atoms with Crippen molar-refractivity contribution < 1.29 is 0 Å². The van der Waals surface area contributed by atoms with E-state index in [0.29, 0.717) is 16.5 Å². The molecule has 0 radical (unpaired) electrons. The Morgan fingerprint density at radius 1 is 1.39 bits per heavy atom. The predicted molar refractivity (Wildman–Crippen MR) is 71.2 cm³/mol. The molecule has 2 aromatic rings. The summed E-state index contributed by atoms with van der Waals surface area (Å²) < 4.78 is 1.71. The lowest BCUT2D eigenvalue weighted by Crippen LogP contribution is -2.30. The molecule has 0 bridgehead atoms. The molecule has 0 fully saturated rings. The number of benzene rings is 1. The second kappa shape index (κ2) is 5.67. The first kappa shape index (κ1) is 13.3. The largest absolute Gasteiger partial charge is 0.271 e. The monoisotopic (exact) mass is 285 g/mol. The molecule has 0 aliphatic rings. The van der Waals surface area contributed by atoms with E-state index in [1.807, 2.05) is 13.1 Å². The Balaban J connectivity index is 2.23. The molecule has 0 amide bonds. The number of rotatable bonds is 4. The Labute approximate surface area is 115 Å². The average Bonchev–Trinajstić information content (AvgIpc) is 2.75. The summed E-state index contributed by atoms with van der Waals surface area (Å²) in [5.74, 6) is 6.41. The summed E-state index contributed by atoms with van der Waals surface area (Å²) in [4.78, 5) is 4.17. The summed E-state index contributed by atoms with van der Waals surface area (Å²) in [6, 6.07) is 5.34. The third kappa shape index (κ3) is 2.81. The van der Waals surface area contributed by atoms with Gasteiger partial charge < -0.3 is 0 Å². The minimum Gasteiger partial charge on any atom is -0.271 e. The lowest BCUT2D eigenvalue weighted by molar-refractivity contribution is 0.523. The van der Waals surface area contributed by atoms with Crippen molar-refractivity contribution >= 4 is 23.2 Å². The molecule has 0 saturated heterocycles. The van der Waals surface area contributed by atoms with Gasteiger partial charge in [0.05, 0.1) is 16.1 Å². The number of hydrazine groups is 1. The molecular formula is C11H13Cl2N5. The van der Waals surface area contributed by atoms with Crippen molar-refractivity contribution in [2.45, 2.75) is 12.5 Å². The van der Waals surface area contributed by atoms with Crippen LogP contribution < -0.4 is 11.3 Å². The highest BCUT2D eigenvalue weighted by Gasteiger charge is 2.14. The maximum Gasteiger partial charge on any atom is 0.138 e. The fraction of sp³-hybridized carbons (Fsp3) is 0.273. The van der Waals surface area contributed by atoms with E-state index in [-0.39, 0.29) is 6.04 Å². The number of nitrogens with two attached hydrogens (primary N) is 1. The van der Waals surface area contributed by atoms with Crippen LogP contribution in [0.15, 0.2) is 24.5 Å².